The summed E-state index contributed by atoms with van der Waals surface area (Å²) in [6.45, 7) is 0. The van der Waals surface area contributed by atoms with Crippen LogP contribution < -0.4 is 0 Å². The highest BCUT2D eigenvalue weighted by molar-refractivity contribution is 7.07. The predicted octanol–water partition coefficient (Wildman–Crippen LogP) is 6.70. The fraction of sp³-hybridized carbons (Fsp3) is 0.0500. The van der Waals surface area contributed by atoms with Crippen LogP contribution >= 0.6 is 34.5 Å². The Hall–Kier alpha value is -2.07. The first kappa shape index (κ1) is 16.4. The van der Waals surface area contributed by atoms with Gasteiger partial charge < -0.3 is 4.98 Å². The summed E-state index contributed by atoms with van der Waals surface area (Å²) in [7, 11) is 0. The molecule has 0 saturated carbocycles. The van der Waals surface area contributed by atoms with Gasteiger partial charge in [-0.3, -0.25) is 0 Å². The van der Waals surface area contributed by atoms with Gasteiger partial charge in [0.25, 0.3) is 0 Å². The lowest BCUT2D eigenvalue weighted by molar-refractivity contribution is 1.03. The summed E-state index contributed by atoms with van der Waals surface area (Å²) < 4.78 is 0. The zero-order valence-corrected chi connectivity index (χ0v) is 15.5. The van der Waals surface area contributed by atoms with Gasteiger partial charge >= 0.3 is 0 Å². The summed E-state index contributed by atoms with van der Waals surface area (Å²) in [5, 5.41) is 5.29. The Labute approximate surface area is 160 Å². The molecule has 0 aliphatic rings. The van der Waals surface area contributed by atoms with E-state index in [1.807, 2.05) is 30.3 Å². The molecule has 2 aromatic carbocycles. The minimum Gasteiger partial charge on any atom is -0.341 e. The Morgan fingerprint density at radius 2 is 1.76 bits per heavy atom. The summed E-state index contributed by atoms with van der Waals surface area (Å²) in [6.07, 6.45) is 0.769. The first-order valence-corrected chi connectivity index (χ1v) is 9.51. The smallest absolute Gasteiger partial charge is 0.111 e. The van der Waals surface area contributed by atoms with Gasteiger partial charge in [-0.1, -0.05) is 59.6 Å². The number of nitrogens with zero attached hydrogens (tertiary/aromatic N) is 1. The molecule has 4 rings (SSSR count). The fourth-order valence-corrected chi connectivity index (χ4v) is 3.73. The van der Waals surface area contributed by atoms with Crippen LogP contribution in [0, 0.1) is 0 Å². The lowest BCUT2D eigenvalue weighted by Gasteiger charge is -2.04. The van der Waals surface area contributed by atoms with E-state index in [2.05, 4.69) is 33.9 Å². The molecule has 0 aliphatic carbocycles. The van der Waals surface area contributed by atoms with E-state index >= 15 is 0 Å². The molecule has 25 heavy (non-hydrogen) atoms. The van der Waals surface area contributed by atoms with Gasteiger partial charge in [0, 0.05) is 17.5 Å². The molecule has 2 nitrogen and oxygen atoms in total. The van der Waals surface area contributed by atoms with E-state index in [4.69, 9.17) is 28.2 Å². The number of rotatable bonds is 4. The predicted molar refractivity (Wildman–Crippen MR) is 107 cm³/mol. The van der Waals surface area contributed by atoms with Crippen molar-refractivity contribution in [3.05, 3.63) is 86.8 Å². The Morgan fingerprint density at radius 1 is 0.920 bits per heavy atom. The average molecular weight is 385 g/mol. The van der Waals surface area contributed by atoms with Crippen LogP contribution in [0.2, 0.25) is 10.0 Å². The number of nitrogens with one attached hydrogen (secondary N) is 1. The SMILES string of the molecule is Clc1ccc(-c2nc(Cc3ccsc3)[nH]c2-c2ccccc2)cc1Cl. The van der Waals surface area contributed by atoms with Crippen molar-refractivity contribution in [3.63, 3.8) is 0 Å². The second-order valence-electron chi connectivity index (χ2n) is 5.71. The molecule has 0 amide bonds. The molecule has 0 radical (unpaired) electrons. The monoisotopic (exact) mass is 384 g/mol. The number of benzene rings is 2. The van der Waals surface area contributed by atoms with Crippen LogP contribution in [0.25, 0.3) is 22.5 Å². The quantitative estimate of drug-likeness (QED) is 0.416. The number of hydrogen-bond donors (Lipinski definition) is 1. The Balaban J connectivity index is 1.82. The van der Waals surface area contributed by atoms with Crippen LogP contribution in [-0.2, 0) is 6.42 Å². The third-order valence-corrected chi connectivity index (χ3v) is 5.43. The van der Waals surface area contributed by atoms with Crippen molar-refractivity contribution >= 4 is 34.5 Å². The molecule has 0 spiro atoms. The van der Waals surface area contributed by atoms with Gasteiger partial charge in [0.1, 0.15) is 5.82 Å². The number of aromatic amines is 1. The Bertz CT molecular complexity index is 992. The van der Waals surface area contributed by atoms with E-state index < -0.39 is 0 Å². The standard InChI is InChI=1S/C20H14Cl2N2S/c21-16-7-6-15(11-17(16)22)20-19(14-4-2-1-3-5-14)23-18(24-20)10-13-8-9-25-12-13/h1-9,11-12H,10H2,(H,23,24). The van der Waals surface area contributed by atoms with E-state index in [0.29, 0.717) is 10.0 Å². The highest BCUT2D eigenvalue weighted by Crippen LogP contribution is 2.34. The number of thiophene rings is 1. The van der Waals surface area contributed by atoms with Crippen molar-refractivity contribution in [3.8, 4) is 22.5 Å². The highest BCUT2D eigenvalue weighted by Gasteiger charge is 2.15. The van der Waals surface area contributed by atoms with Crippen LogP contribution in [0.5, 0.6) is 0 Å². The van der Waals surface area contributed by atoms with E-state index in [-0.39, 0.29) is 0 Å². The molecule has 0 bridgehead atoms. The average Bonchev–Trinajstić information content (AvgIpc) is 3.28. The van der Waals surface area contributed by atoms with Crippen molar-refractivity contribution < 1.29 is 0 Å². The third-order valence-electron chi connectivity index (χ3n) is 3.96. The van der Waals surface area contributed by atoms with E-state index in [1.54, 1.807) is 17.4 Å². The third kappa shape index (κ3) is 3.49. The van der Waals surface area contributed by atoms with E-state index in [9.17, 15) is 0 Å². The normalized spacial score (nSPS) is 11.0. The molecular weight excluding hydrogens is 371 g/mol. The first-order valence-electron chi connectivity index (χ1n) is 7.81. The maximum absolute atomic E-state index is 6.22. The molecule has 0 unspecified atom stereocenters. The Morgan fingerprint density at radius 3 is 2.48 bits per heavy atom. The second-order valence-corrected chi connectivity index (χ2v) is 7.30. The number of imidazole rings is 1. The zero-order valence-electron chi connectivity index (χ0n) is 13.2. The van der Waals surface area contributed by atoms with E-state index in [1.165, 1.54) is 5.56 Å². The number of halogens is 2. The van der Waals surface area contributed by atoms with Gasteiger partial charge in [-0.15, -0.1) is 0 Å². The zero-order chi connectivity index (χ0) is 17.2. The minimum absolute atomic E-state index is 0.528. The summed E-state index contributed by atoms with van der Waals surface area (Å²) in [5.74, 6) is 0.929. The van der Waals surface area contributed by atoms with E-state index in [0.717, 1.165) is 34.8 Å². The fourth-order valence-electron chi connectivity index (χ4n) is 2.76. The van der Waals surface area contributed by atoms with Crippen LogP contribution in [0.15, 0.2) is 65.4 Å². The summed E-state index contributed by atoms with van der Waals surface area (Å²) >= 11 is 14.0. The number of hydrogen-bond acceptors (Lipinski definition) is 2. The second kappa shape index (κ2) is 7.04. The van der Waals surface area contributed by atoms with Crippen LogP contribution in [0.1, 0.15) is 11.4 Å². The molecule has 2 heterocycles. The molecule has 124 valence electrons. The molecule has 1 N–H and O–H groups in total. The lowest BCUT2D eigenvalue weighted by Crippen LogP contribution is -1.88. The highest BCUT2D eigenvalue weighted by atomic mass is 35.5. The van der Waals surface area contributed by atoms with Crippen molar-refractivity contribution in [1.29, 1.82) is 0 Å². The largest absolute Gasteiger partial charge is 0.341 e. The molecule has 4 aromatic rings. The van der Waals surface area contributed by atoms with Crippen LogP contribution in [0.4, 0.5) is 0 Å². The molecule has 0 atom stereocenters. The van der Waals surface area contributed by atoms with Crippen LogP contribution in [0.3, 0.4) is 0 Å². The molecule has 0 fully saturated rings. The maximum atomic E-state index is 6.22. The van der Waals surface area contributed by atoms with Crippen molar-refractivity contribution in [1.82, 2.24) is 9.97 Å². The van der Waals surface area contributed by atoms with Crippen LogP contribution in [-0.4, -0.2) is 9.97 Å². The van der Waals surface area contributed by atoms with Gasteiger partial charge in [0.2, 0.25) is 0 Å². The number of aromatic nitrogens is 2. The van der Waals surface area contributed by atoms with Gasteiger partial charge in [0.15, 0.2) is 0 Å². The molecule has 5 heteroatoms. The lowest BCUT2D eigenvalue weighted by atomic mass is 10.1. The van der Waals surface area contributed by atoms with Gasteiger partial charge in [-0.25, -0.2) is 4.98 Å². The Kier molecular flexibility index (Phi) is 4.62. The molecule has 0 aliphatic heterocycles. The first-order chi connectivity index (χ1) is 12.2. The molecule has 0 saturated heterocycles. The minimum atomic E-state index is 0.528. The van der Waals surface area contributed by atoms with Gasteiger partial charge in [-0.05, 0) is 34.5 Å². The topological polar surface area (TPSA) is 28.7 Å². The van der Waals surface area contributed by atoms with Gasteiger partial charge in [-0.2, -0.15) is 11.3 Å². The van der Waals surface area contributed by atoms with Crippen molar-refractivity contribution in [2.75, 3.05) is 0 Å². The van der Waals surface area contributed by atoms with Crippen molar-refractivity contribution in [2.24, 2.45) is 0 Å². The summed E-state index contributed by atoms with van der Waals surface area (Å²) in [4.78, 5) is 8.34. The summed E-state index contributed by atoms with van der Waals surface area (Å²) in [6, 6.07) is 17.9. The molecule has 2 aromatic heterocycles. The van der Waals surface area contributed by atoms with Crippen molar-refractivity contribution in [2.45, 2.75) is 6.42 Å². The summed E-state index contributed by atoms with van der Waals surface area (Å²) in [5.41, 5.74) is 5.16. The molecular formula is C20H14Cl2N2S. The number of H-pyrrole nitrogens is 1. The maximum Gasteiger partial charge on any atom is 0.111 e. The van der Waals surface area contributed by atoms with Gasteiger partial charge in [0.05, 0.1) is 21.4 Å².